The molecular formula is C23H30IN5O4. The minimum Gasteiger partial charge on any atom is -0.459 e. The molecule has 178 valence electrons. The molecule has 2 aromatic rings. The van der Waals surface area contributed by atoms with Gasteiger partial charge in [-0.05, 0) is 42.7 Å². The van der Waals surface area contributed by atoms with Crippen LogP contribution in [0, 0.1) is 0 Å². The molecule has 9 nitrogen and oxygen atoms in total. The van der Waals surface area contributed by atoms with Gasteiger partial charge in [0.1, 0.15) is 6.10 Å². The van der Waals surface area contributed by atoms with Crippen molar-refractivity contribution in [3.63, 3.8) is 0 Å². The van der Waals surface area contributed by atoms with Gasteiger partial charge in [0.25, 0.3) is 11.8 Å². The Labute approximate surface area is 210 Å². The van der Waals surface area contributed by atoms with Crippen LogP contribution in [0.25, 0.3) is 0 Å². The molecule has 2 amide bonds. The molecule has 0 spiro atoms. The number of anilines is 1. The van der Waals surface area contributed by atoms with Gasteiger partial charge in [0.05, 0.1) is 6.26 Å². The van der Waals surface area contributed by atoms with Crippen molar-refractivity contribution in [2.75, 3.05) is 45.2 Å². The first-order valence-electron chi connectivity index (χ1n) is 10.9. The Morgan fingerprint density at radius 1 is 1.09 bits per heavy atom. The molecule has 1 atom stereocenters. The lowest BCUT2D eigenvalue weighted by molar-refractivity contribution is -0.142. The number of amides is 2. The lowest BCUT2D eigenvalue weighted by Gasteiger charge is -2.37. The van der Waals surface area contributed by atoms with E-state index in [9.17, 15) is 9.59 Å². The van der Waals surface area contributed by atoms with Crippen LogP contribution in [0.4, 0.5) is 5.69 Å². The third kappa shape index (κ3) is 6.47. The Bertz CT molecular complexity index is 934. The number of guanidine groups is 1. The summed E-state index contributed by atoms with van der Waals surface area (Å²) in [7, 11) is 1.76. The average molecular weight is 567 g/mol. The molecule has 4 rings (SSSR count). The third-order valence-electron chi connectivity index (χ3n) is 5.72. The van der Waals surface area contributed by atoms with Crippen molar-refractivity contribution in [3.05, 3.63) is 54.0 Å². The van der Waals surface area contributed by atoms with Crippen LogP contribution in [-0.2, 0) is 16.1 Å². The maximum Gasteiger partial charge on any atom is 0.291 e. The van der Waals surface area contributed by atoms with Crippen LogP contribution in [0.1, 0.15) is 29.0 Å². The number of benzene rings is 1. The van der Waals surface area contributed by atoms with E-state index in [1.165, 1.54) is 6.26 Å². The van der Waals surface area contributed by atoms with Crippen LogP contribution in [0.5, 0.6) is 0 Å². The molecule has 0 saturated carbocycles. The monoisotopic (exact) mass is 567 g/mol. The van der Waals surface area contributed by atoms with E-state index in [1.54, 1.807) is 19.2 Å². The highest BCUT2D eigenvalue weighted by Crippen LogP contribution is 2.16. The molecule has 10 heteroatoms. The number of furan rings is 1. The van der Waals surface area contributed by atoms with E-state index in [-0.39, 0.29) is 47.7 Å². The van der Waals surface area contributed by atoms with Crippen molar-refractivity contribution >= 4 is 47.4 Å². The predicted molar refractivity (Wildman–Crippen MR) is 136 cm³/mol. The fourth-order valence-corrected chi connectivity index (χ4v) is 3.93. The Hall–Kier alpha value is -2.60. The molecule has 0 aliphatic carbocycles. The first kappa shape index (κ1) is 25.0. The van der Waals surface area contributed by atoms with Gasteiger partial charge in [0, 0.05) is 52.1 Å². The van der Waals surface area contributed by atoms with Gasteiger partial charge >= 0.3 is 0 Å². The van der Waals surface area contributed by atoms with Gasteiger partial charge in [-0.3, -0.25) is 14.6 Å². The second kappa shape index (κ2) is 12.0. The molecule has 2 N–H and O–H groups in total. The Morgan fingerprint density at radius 2 is 1.82 bits per heavy atom. The zero-order chi connectivity index (χ0) is 22.3. The topological polar surface area (TPSA) is 99.4 Å². The molecule has 0 radical (unpaired) electrons. The molecular weight excluding hydrogens is 537 g/mol. The largest absolute Gasteiger partial charge is 0.459 e. The van der Waals surface area contributed by atoms with Gasteiger partial charge in [0.2, 0.25) is 0 Å². The molecule has 1 aromatic heterocycles. The van der Waals surface area contributed by atoms with Crippen molar-refractivity contribution in [1.29, 1.82) is 0 Å². The highest BCUT2D eigenvalue weighted by molar-refractivity contribution is 14.0. The molecule has 33 heavy (non-hydrogen) atoms. The van der Waals surface area contributed by atoms with Gasteiger partial charge in [-0.1, -0.05) is 12.1 Å². The van der Waals surface area contributed by atoms with Crippen molar-refractivity contribution in [2.45, 2.75) is 25.5 Å². The first-order valence-corrected chi connectivity index (χ1v) is 10.9. The number of ether oxygens (including phenoxy) is 1. The second-order valence-electron chi connectivity index (χ2n) is 7.84. The highest BCUT2D eigenvalue weighted by Gasteiger charge is 2.30. The van der Waals surface area contributed by atoms with E-state index < -0.39 is 0 Å². The minimum absolute atomic E-state index is 0. The lowest BCUT2D eigenvalue weighted by atomic mass is 10.2. The predicted octanol–water partition coefficient (Wildman–Crippen LogP) is 2.55. The molecule has 0 bridgehead atoms. The van der Waals surface area contributed by atoms with Crippen LogP contribution < -0.4 is 10.6 Å². The van der Waals surface area contributed by atoms with Crippen LogP contribution >= 0.6 is 24.0 Å². The van der Waals surface area contributed by atoms with Crippen LogP contribution in [0.15, 0.2) is 52.1 Å². The van der Waals surface area contributed by atoms with Crippen molar-refractivity contribution in [3.8, 4) is 0 Å². The quantitative estimate of drug-likeness (QED) is 0.328. The molecule has 1 aromatic carbocycles. The molecule has 2 fully saturated rings. The van der Waals surface area contributed by atoms with Crippen LogP contribution in [0.3, 0.4) is 0 Å². The summed E-state index contributed by atoms with van der Waals surface area (Å²) in [4.78, 5) is 33.0. The summed E-state index contributed by atoms with van der Waals surface area (Å²) in [6.45, 7) is 4.09. The molecule has 2 saturated heterocycles. The number of nitrogens with one attached hydrogen (secondary N) is 2. The summed E-state index contributed by atoms with van der Waals surface area (Å²) in [5.41, 5.74) is 1.76. The first-order chi connectivity index (χ1) is 15.6. The van der Waals surface area contributed by atoms with Gasteiger partial charge in [-0.25, -0.2) is 0 Å². The normalized spacial score (nSPS) is 18.6. The number of aliphatic imine (C=N–C) groups is 1. The summed E-state index contributed by atoms with van der Waals surface area (Å²) in [6.07, 6.45) is 3.00. The summed E-state index contributed by atoms with van der Waals surface area (Å²) < 4.78 is 10.6. The third-order valence-corrected chi connectivity index (χ3v) is 5.72. The van der Waals surface area contributed by atoms with Gasteiger partial charge in [-0.15, -0.1) is 24.0 Å². The summed E-state index contributed by atoms with van der Waals surface area (Å²) in [5, 5.41) is 6.19. The maximum absolute atomic E-state index is 12.5. The van der Waals surface area contributed by atoms with Crippen LogP contribution in [-0.4, -0.2) is 73.5 Å². The number of piperazine rings is 1. The number of nitrogens with zero attached hydrogens (tertiary/aromatic N) is 3. The summed E-state index contributed by atoms with van der Waals surface area (Å²) in [6, 6.07) is 10.9. The van der Waals surface area contributed by atoms with Crippen LogP contribution in [0.2, 0.25) is 0 Å². The number of halogens is 1. The molecule has 2 aliphatic rings. The average Bonchev–Trinajstić information content (AvgIpc) is 3.55. The van der Waals surface area contributed by atoms with E-state index in [1.807, 2.05) is 29.2 Å². The Kier molecular flexibility index (Phi) is 9.12. The van der Waals surface area contributed by atoms with Gasteiger partial charge in [-0.2, -0.15) is 0 Å². The zero-order valence-electron chi connectivity index (χ0n) is 18.7. The standard InChI is InChI=1S/C23H29N5O4.HI/c1-24-23(28-12-10-27(11-13-28)22(30)20-5-3-15-32-20)25-16-17-6-8-18(9-7-17)26-21(29)19-4-2-14-31-19;/h2,4,6-9,14,20H,3,5,10-13,15-16H2,1H3,(H,24,25)(H,26,29);1H. The van der Waals surface area contributed by atoms with E-state index in [0.29, 0.717) is 31.9 Å². The summed E-state index contributed by atoms with van der Waals surface area (Å²) in [5.74, 6) is 0.921. The highest BCUT2D eigenvalue weighted by atomic mass is 127. The van der Waals surface area contributed by atoms with Crippen molar-refractivity contribution in [2.24, 2.45) is 4.99 Å². The van der Waals surface area contributed by atoms with Crippen molar-refractivity contribution < 1.29 is 18.7 Å². The number of hydrogen-bond acceptors (Lipinski definition) is 5. The second-order valence-corrected chi connectivity index (χ2v) is 7.84. The number of carbonyl (C=O) groups excluding carboxylic acids is 2. The SMILES string of the molecule is CN=C(NCc1ccc(NC(=O)c2ccco2)cc1)N1CCN(C(=O)C2CCCO2)CC1.I. The smallest absolute Gasteiger partial charge is 0.291 e. The number of hydrogen-bond donors (Lipinski definition) is 2. The van der Waals surface area contributed by atoms with Gasteiger partial charge < -0.3 is 29.6 Å². The molecule has 1 unspecified atom stereocenters. The lowest BCUT2D eigenvalue weighted by Crippen LogP contribution is -2.55. The molecule has 3 heterocycles. The van der Waals surface area contributed by atoms with Gasteiger partial charge in [0.15, 0.2) is 11.7 Å². The van der Waals surface area contributed by atoms with E-state index in [4.69, 9.17) is 9.15 Å². The Balaban J connectivity index is 0.00000306. The summed E-state index contributed by atoms with van der Waals surface area (Å²) >= 11 is 0. The number of carbonyl (C=O) groups is 2. The number of rotatable bonds is 5. The van der Waals surface area contributed by atoms with E-state index in [0.717, 1.165) is 37.5 Å². The zero-order valence-corrected chi connectivity index (χ0v) is 21.0. The van der Waals surface area contributed by atoms with Crippen molar-refractivity contribution in [1.82, 2.24) is 15.1 Å². The Morgan fingerprint density at radius 3 is 2.42 bits per heavy atom. The minimum atomic E-state index is -0.279. The fourth-order valence-electron chi connectivity index (χ4n) is 3.93. The fraction of sp³-hybridized carbons (Fsp3) is 0.435. The van der Waals surface area contributed by atoms with E-state index >= 15 is 0 Å². The molecule has 2 aliphatic heterocycles. The van der Waals surface area contributed by atoms with E-state index in [2.05, 4.69) is 20.5 Å². The maximum atomic E-state index is 12.5.